The number of aromatic nitrogens is 4. The Morgan fingerprint density at radius 1 is 0.707 bits per heavy atom. The lowest BCUT2D eigenvalue weighted by Gasteiger charge is -2.20. The molecular weight excluding hydrogens is 543 g/mol. The number of aryl methyl sites for hydroxylation is 1. The summed E-state index contributed by atoms with van der Waals surface area (Å²) >= 11 is 0. The minimum atomic E-state index is -4.26. The first kappa shape index (κ1) is 28.2. The van der Waals surface area contributed by atoms with Crippen LogP contribution in [0.2, 0.25) is 0 Å². The van der Waals surface area contributed by atoms with Crippen LogP contribution in [-0.2, 0) is 40.5 Å². The van der Waals surface area contributed by atoms with Crippen molar-refractivity contribution in [1.82, 2.24) is 19.1 Å². The van der Waals surface area contributed by atoms with E-state index in [1.807, 2.05) is 66.7 Å². The highest BCUT2D eigenvalue weighted by Gasteiger charge is 2.32. The van der Waals surface area contributed by atoms with Crippen molar-refractivity contribution in [2.75, 3.05) is 13.2 Å². The molecule has 2 aromatic heterocycles. The minimum absolute atomic E-state index is 0.0205. The molecule has 0 amide bonds. The summed E-state index contributed by atoms with van der Waals surface area (Å²) in [6.07, 6.45) is 0.936. The topological polar surface area (TPSA) is 115 Å². The van der Waals surface area contributed by atoms with Gasteiger partial charge in [-0.2, -0.15) is 4.98 Å². The molecule has 0 aliphatic rings. The van der Waals surface area contributed by atoms with Gasteiger partial charge in [0.25, 0.3) is 11.4 Å². The van der Waals surface area contributed by atoms with E-state index in [1.54, 1.807) is 24.3 Å². The molecule has 0 N–H and O–H groups in total. The van der Waals surface area contributed by atoms with Gasteiger partial charge in [-0.05, 0) is 24.0 Å². The maximum absolute atomic E-state index is 14.1. The molecule has 0 saturated heterocycles. The molecule has 3 aromatic carbocycles. The Kier molecular flexibility index (Phi) is 8.54. The Bertz CT molecular complexity index is 1760. The van der Waals surface area contributed by atoms with Crippen LogP contribution in [0.5, 0.6) is 5.88 Å². The van der Waals surface area contributed by atoms with Crippen LogP contribution in [0.25, 0.3) is 22.4 Å². The number of hydrogen-bond donors (Lipinski definition) is 0. The van der Waals surface area contributed by atoms with Gasteiger partial charge in [-0.15, -0.1) is 0 Å². The van der Waals surface area contributed by atoms with Crippen LogP contribution in [-0.4, -0.2) is 32.3 Å². The molecule has 0 aliphatic carbocycles. The van der Waals surface area contributed by atoms with E-state index in [0.717, 1.165) is 15.7 Å². The molecule has 2 heterocycles. The lowest BCUT2D eigenvalue weighted by atomic mass is 10.1. The summed E-state index contributed by atoms with van der Waals surface area (Å²) in [5.74, 6) is -0.185. The number of fused-ring (bicyclic) bond motifs is 1. The molecule has 10 nitrogen and oxygen atoms in total. The zero-order valence-electron chi connectivity index (χ0n) is 22.7. The smallest absolute Gasteiger partial charge is 0.383 e. The molecule has 0 atom stereocenters. The van der Waals surface area contributed by atoms with Crippen LogP contribution in [0, 0.1) is 0 Å². The highest BCUT2D eigenvalue weighted by atomic mass is 31.2. The number of phosphoric ester groups is 1. The van der Waals surface area contributed by atoms with Crippen molar-refractivity contribution in [3.05, 3.63) is 123 Å². The van der Waals surface area contributed by atoms with Crippen molar-refractivity contribution in [3.63, 3.8) is 0 Å². The van der Waals surface area contributed by atoms with Crippen LogP contribution in [0.15, 0.2) is 101 Å². The summed E-state index contributed by atoms with van der Waals surface area (Å²) in [6.45, 7) is 0.0979. The molecular formula is C30H29N4O6P. The quantitative estimate of drug-likeness (QED) is 0.209. The monoisotopic (exact) mass is 572 g/mol. The van der Waals surface area contributed by atoms with Crippen molar-refractivity contribution < 1.29 is 18.1 Å². The number of nitrogens with zero attached hydrogens (tertiary/aromatic N) is 4. The third-order valence-corrected chi connectivity index (χ3v) is 7.85. The van der Waals surface area contributed by atoms with Gasteiger partial charge >= 0.3 is 13.5 Å². The van der Waals surface area contributed by atoms with Crippen LogP contribution in [0.4, 0.5) is 0 Å². The molecule has 0 unspecified atom stereocenters. The fourth-order valence-electron chi connectivity index (χ4n) is 4.23. The lowest BCUT2D eigenvalue weighted by Crippen LogP contribution is -2.37. The van der Waals surface area contributed by atoms with Crippen LogP contribution >= 0.6 is 7.82 Å². The molecule has 5 rings (SSSR count). The summed E-state index contributed by atoms with van der Waals surface area (Å²) in [5.41, 5.74) is 1.45. The van der Waals surface area contributed by atoms with Crippen LogP contribution < -0.4 is 15.8 Å². The predicted molar refractivity (Wildman–Crippen MR) is 156 cm³/mol. The summed E-state index contributed by atoms with van der Waals surface area (Å²) in [5, 5.41) is 0. The van der Waals surface area contributed by atoms with Gasteiger partial charge in [-0.1, -0.05) is 91.0 Å². The molecule has 0 spiro atoms. The Morgan fingerprint density at radius 3 is 1.76 bits per heavy atom. The van der Waals surface area contributed by atoms with Crippen molar-refractivity contribution in [2.24, 2.45) is 14.1 Å². The fourth-order valence-corrected chi connectivity index (χ4v) is 5.38. The largest absolute Gasteiger partial charge is 0.531 e. The summed E-state index contributed by atoms with van der Waals surface area (Å²) < 4.78 is 33.7. The standard InChI is InChI=1S/C30H29N4O6P/c1-33-27-26(29(35)34(2)30(33)36)31-25(24-16-10-5-11-17-24)28(32-27)40-41(37,38-20-18-22-12-6-3-7-13-22)39-21-19-23-14-8-4-9-15-23/h3-17H,18-21H2,1-2H3. The number of benzene rings is 3. The Balaban J connectivity index is 1.53. The second-order valence-electron chi connectivity index (χ2n) is 9.30. The number of rotatable bonds is 11. The summed E-state index contributed by atoms with van der Waals surface area (Å²) in [6, 6.07) is 28.1. The first-order valence-corrected chi connectivity index (χ1v) is 14.5. The van der Waals surface area contributed by atoms with Gasteiger partial charge in [0.15, 0.2) is 11.2 Å². The van der Waals surface area contributed by atoms with E-state index in [9.17, 15) is 14.2 Å². The number of phosphoric acid groups is 1. The summed E-state index contributed by atoms with van der Waals surface area (Å²) in [4.78, 5) is 34.6. The van der Waals surface area contributed by atoms with E-state index < -0.39 is 19.1 Å². The second-order valence-corrected chi connectivity index (χ2v) is 10.9. The molecule has 0 fully saturated rings. The summed E-state index contributed by atoms with van der Waals surface area (Å²) in [7, 11) is -1.42. The maximum atomic E-state index is 14.1. The third-order valence-electron chi connectivity index (χ3n) is 6.46. The van der Waals surface area contributed by atoms with Crippen molar-refractivity contribution in [2.45, 2.75) is 12.8 Å². The van der Waals surface area contributed by atoms with Gasteiger partial charge in [-0.25, -0.2) is 14.3 Å². The molecule has 11 heteroatoms. The van der Waals surface area contributed by atoms with Gasteiger partial charge in [0.05, 0.1) is 13.2 Å². The third kappa shape index (κ3) is 6.52. The SMILES string of the molecule is Cn1c(=O)c2nc(-c3ccccc3)c(OP(=O)(OCCc3ccccc3)OCCc3ccccc3)nc2n(C)c1=O. The Labute approximate surface area is 236 Å². The molecule has 0 radical (unpaired) electrons. The van der Waals surface area contributed by atoms with Gasteiger partial charge in [0, 0.05) is 19.7 Å². The second kappa shape index (κ2) is 12.4. The average Bonchev–Trinajstić information content (AvgIpc) is 3.00. The first-order chi connectivity index (χ1) is 19.8. The molecule has 41 heavy (non-hydrogen) atoms. The fraction of sp³-hybridized carbons (Fsp3) is 0.200. The maximum Gasteiger partial charge on any atom is 0.531 e. The molecule has 0 saturated carbocycles. The predicted octanol–water partition coefficient (Wildman–Crippen LogP) is 4.70. The zero-order chi connectivity index (χ0) is 28.8. The van der Waals surface area contributed by atoms with E-state index in [0.29, 0.717) is 18.4 Å². The highest BCUT2D eigenvalue weighted by Crippen LogP contribution is 2.51. The van der Waals surface area contributed by atoms with Crippen molar-refractivity contribution in [3.8, 4) is 17.1 Å². The normalized spacial score (nSPS) is 11.6. The minimum Gasteiger partial charge on any atom is -0.383 e. The van der Waals surface area contributed by atoms with Gasteiger partial charge < -0.3 is 4.52 Å². The van der Waals surface area contributed by atoms with Gasteiger partial charge in [0.1, 0.15) is 5.69 Å². The van der Waals surface area contributed by atoms with Crippen LogP contribution in [0.3, 0.4) is 0 Å². The molecule has 210 valence electrons. The van der Waals surface area contributed by atoms with E-state index in [1.165, 1.54) is 18.7 Å². The van der Waals surface area contributed by atoms with Crippen molar-refractivity contribution in [1.29, 1.82) is 0 Å². The highest BCUT2D eigenvalue weighted by molar-refractivity contribution is 7.48. The Morgan fingerprint density at radius 2 is 1.22 bits per heavy atom. The average molecular weight is 573 g/mol. The van der Waals surface area contributed by atoms with Gasteiger partial charge in [0.2, 0.25) is 0 Å². The van der Waals surface area contributed by atoms with E-state index >= 15 is 0 Å². The Hall–Kier alpha value is -4.37. The van der Waals surface area contributed by atoms with Crippen molar-refractivity contribution >= 4 is 19.0 Å². The van der Waals surface area contributed by atoms with Gasteiger partial charge in [-0.3, -0.25) is 23.0 Å². The zero-order valence-corrected chi connectivity index (χ0v) is 23.6. The molecule has 0 aliphatic heterocycles. The van der Waals surface area contributed by atoms with Crippen LogP contribution in [0.1, 0.15) is 11.1 Å². The lowest BCUT2D eigenvalue weighted by molar-refractivity contribution is 0.156. The van der Waals surface area contributed by atoms with E-state index in [2.05, 4.69) is 9.97 Å². The molecule has 0 bridgehead atoms. The van der Waals surface area contributed by atoms with E-state index in [-0.39, 0.29) is 36.0 Å². The molecule has 5 aromatic rings. The first-order valence-electron chi connectivity index (χ1n) is 13.0. The van der Waals surface area contributed by atoms with E-state index in [4.69, 9.17) is 13.6 Å². The number of hydrogen-bond acceptors (Lipinski definition) is 8.